The number of fused-ring (bicyclic) bond motifs is 1. The quantitative estimate of drug-likeness (QED) is 0.376. The molecule has 0 aliphatic heterocycles. The Morgan fingerprint density at radius 3 is 2.78 bits per heavy atom. The first-order valence-electron chi connectivity index (χ1n) is 9.54. The maximum Gasteiger partial charge on any atom is 0.264 e. The van der Waals surface area contributed by atoms with Gasteiger partial charge in [0.25, 0.3) is 5.91 Å². The number of carbonyl (C=O) groups is 1. The summed E-state index contributed by atoms with van der Waals surface area (Å²) in [4.78, 5) is 16.5. The number of aryl methyl sites for hydroxylation is 1. The molecule has 0 spiro atoms. The summed E-state index contributed by atoms with van der Waals surface area (Å²) in [7, 11) is 0. The number of hydrogen-bond acceptors (Lipinski definition) is 5. The fourth-order valence-electron chi connectivity index (χ4n) is 3.00. The summed E-state index contributed by atoms with van der Waals surface area (Å²) in [5, 5.41) is 6.16. The Labute approximate surface area is 193 Å². The van der Waals surface area contributed by atoms with Crippen molar-refractivity contribution in [2.75, 3.05) is 11.9 Å². The van der Waals surface area contributed by atoms with Crippen molar-refractivity contribution >= 4 is 51.6 Å². The minimum Gasteiger partial charge on any atom is -0.483 e. The number of anilines is 1. The predicted molar refractivity (Wildman–Crippen MR) is 125 cm³/mol. The van der Waals surface area contributed by atoms with Crippen molar-refractivity contribution in [2.45, 2.75) is 6.92 Å². The first-order chi connectivity index (χ1) is 15.4. The fraction of sp³-hybridized carbons (Fsp3) is 0.0870. The molecule has 0 unspecified atom stereocenters. The van der Waals surface area contributed by atoms with Gasteiger partial charge in [-0.2, -0.15) is 0 Å². The molecule has 1 heterocycles. The van der Waals surface area contributed by atoms with Crippen LogP contribution >= 0.6 is 23.8 Å². The van der Waals surface area contributed by atoms with Gasteiger partial charge in [0.1, 0.15) is 17.1 Å². The zero-order valence-electron chi connectivity index (χ0n) is 16.8. The van der Waals surface area contributed by atoms with E-state index in [4.69, 9.17) is 33.0 Å². The van der Waals surface area contributed by atoms with Gasteiger partial charge in [-0.25, -0.2) is 9.37 Å². The molecule has 1 amide bonds. The van der Waals surface area contributed by atoms with E-state index < -0.39 is 11.7 Å². The Kier molecular flexibility index (Phi) is 6.34. The molecule has 2 N–H and O–H groups in total. The molecule has 32 heavy (non-hydrogen) atoms. The van der Waals surface area contributed by atoms with Crippen LogP contribution in [-0.2, 0) is 4.79 Å². The van der Waals surface area contributed by atoms with Crippen molar-refractivity contribution in [3.63, 3.8) is 0 Å². The van der Waals surface area contributed by atoms with Crippen molar-refractivity contribution in [3.05, 3.63) is 77.1 Å². The fourth-order valence-corrected chi connectivity index (χ4v) is 3.46. The van der Waals surface area contributed by atoms with Gasteiger partial charge in [0, 0.05) is 10.7 Å². The summed E-state index contributed by atoms with van der Waals surface area (Å²) in [6.45, 7) is 1.63. The zero-order valence-corrected chi connectivity index (χ0v) is 18.4. The summed E-state index contributed by atoms with van der Waals surface area (Å²) >= 11 is 11.1. The van der Waals surface area contributed by atoms with Crippen molar-refractivity contribution in [1.29, 1.82) is 0 Å². The van der Waals surface area contributed by atoms with Crippen molar-refractivity contribution < 1.29 is 18.3 Å². The van der Waals surface area contributed by atoms with Crippen LogP contribution < -0.4 is 15.4 Å². The molecule has 3 aromatic carbocycles. The Morgan fingerprint density at radius 2 is 2.00 bits per heavy atom. The lowest BCUT2D eigenvalue weighted by Gasteiger charge is -2.11. The molecule has 4 aromatic rings. The van der Waals surface area contributed by atoms with Crippen LogP contribution in [0.15, 0.2) is 65.1 Å². The van der Waals surface area contributed by atoms with Gasteiger partial charge in [-0.05, 0) is 73.2 Å². The monoisotopic (exact) mass is 469 g/mol. The summed E-state index contributed by atoms with van der Waals surface area (Å²) in [6, 6.07) is 16.5. The first kappa shape index (κ1) is 21.7. The van der Waals surface area contributed by atoms with Gasteiger partial charge in [0.05, 0.1) is 5.56 Å². The van der Waals surface area contributed by atoms with Gasteiger partial charge in [0.2, 0.25) is 5.89 Å². The highest BCUT2D eigenvalue weighted by molar-refractivity contribution is 7.80. The van der Waals surface area contributed by atoms with E-state index in [0.29, 0.717) is 27.6 Å². The standard InChI is InChI=1S/C23H17ClFN3O3S/c1-13-10-14(24)6-8-19(13)30-12-21(29)28-23(32)26-15-7-9-20-18(11-15)27-22(31-20)16-4-2-3-5-17(16)25/h2-11H,12H2,1H3,(H2,26,28,29,32). The number of ether oxygens (including phenoxy) is 1. The van der Waals surface area contributed by atoms with E-state index in [0.717, 1.165) is 5.56 Å². The summed E-state index contributed by atoms with van der Waals surface area (Å²) in [6.07, 6.45) is 0. The number of halogens is 2. The lowest BCUT2D eigenvalue weighted by atomic mass is 10.2. The van der Waals surface area contributed by atoms with Gasteiger partial charge in [-0.3, -0.25) is 10.1 Å². The third-order valence-corrected chi connectivity index (χ3v) is 4.94. The topological polar surface area (TPSA) is 76.4 Å². The second-order valence-corrected chi connectivity index (χ2v) is 7.73. The van der Waals surface area contributed by atoms with Crippen LogP contribution in [0, 0.1) is 12.7 Å². The molecular formula is C23H17ClFN3O3S. The number of benzene rings is 3. The van der Waals surface area contributed by atoms with E-state index in [-0.39, 0.29) is 23.2 Å². The van der Waals surface area contributed by atoms with Gasteiger partial charge >= 0.3 is 0 Å². The summed E-state index contributed by atoms with van der Waals surface area (Å²) in [5.41, 5.74) is 2.70. The number of rotatable bonds is 5. The number of oxazole rings is 1. The van der Waals surface area contributed by atoms with E-state index in [1.807, 2.05) is 6.92 Å². The highest BCUT2D eigenvalue weighted by Gasteiger charge is 2.13. The number of thiocarbonyl (C=S) groups is 1. The Balaban J connectivity index is 1.38. The molecule has 0 saturated carbocycles. The van der Waals surface area contributed by atoms with Crippen molar-refractivity contribution in [3.8, 4) is 17.2 Å². The average Bonchev–Trinajstić information content (AvgIpc) is 3.16. The molecule has 0 aliphatic rings. The largest absolute Gasteiger partial charge is 0.483 e. The number of nitrogens with one attached hydrogen (secondary N) is 2. The molecule has 0 bridgehead atoms. The summed E-state index contributed by atoms with van der Waals surface area (Å²) < 4.78 is 25.2. The van der Waals surface area contributed by atoms with Gasteiger partial charge in [-0.1, -0.05) is 23.7 Å². The maximum absolute atomic E-state index is 14.0. The van der Waals surface area contributed by atoms with E-state index in [2.05, 4.69) is 15.6 Å². The highest BCUT2D eigenvalue weighted by Crippen LogP contribution is 2.27. The number of aromatic nitrogens is 1. The van der Waals surface area contributed by atoms with E-state index in [1.54, 1.807) is 54.6 Å². The van der Waals surface area contributed by atoms with Crippen molar-refractivity contribution in [2.24, 2.45) is 0 Å². The normalized spacial score (nSPS) is 10.7. The Hall–Kier alpha value is -3.49. The Bertz CT molecular complexity index is 1330. The molecule has 0 fully saturated rings. The van der Waals surface area contributed by atoms with Gasteiger partial charge < -0.3 is 14.5 Å². The lowest BCUT2D eigenvalue weighted by molar-refractivity contribution is -0.121. The molecule has 4 rings (SSSR count). The Morgan fingerprint density at radius 1 is 1.19 bits per heavy atom. The minimum absolute atomic E-state index is 0.101. The van der Waals surface area contributed by atoms with Crippen LogP contribution in [-0.4, -0.2) is 22.6 Å². The average molecular weight is 470 g/mol. The van der Waals surface area contributed by atoms with Crippen molar-refractivity contribution in [1.82, 2.24) is 10.3 Å². The molecule has 1 aromatic heterocycles. The van der Waals surface area contributed by atoms with Crippen LogP contribution in [0.1, 0.15) is 5.56 Å². The zero-order chi connectivity index (χ0) is 22.7. The molecule has 9 heteroatoms. The third-order valence-electron chi connectivity index (χ3n) is 4.50. The number of hydrogen-bond donors (Lipinski definition) is 2. The summed E-state index contributed by atoms with van der Waals surface area (Å²) in [5.74, 6) is -0.0927. The predicted octanol–water partition coefficient (Wildman–Crippen LogP) is 5.49. The van der Waals surface area contributed by atoms with E-state index in [1.165, 1.54) is 6.07 Å². The molecule has 0 radical (unpaired) electrons. The van der Waals surface area contributed by atoms with Crippen LogP contribution in [0.25, 0.3) is 22.6 Å². The number of carbonyl (C=O) groups excluding carboxylic acids is 1. The van der Waals surface area contributed by atoms with E-state index >= 15 is 0 Å². The molecule has 0 aliphatic carbocycles. The van der Waals surface area contributed by atoms with Crippen LogP contribution in [0.5, 0.6) is 5.75 Å². The molecule has 0 atom stereocenters. The van der Waals surface area contributed by atoms with E-state index in [9.17, 15) is 9.18 Å². The van der Waals surface area contributed by atoms with Crippen LogP contribution in [0.4, 0.5) is 10.1 Å². The smallest absolute Gasteiger partial charge is 0.264 e. The number of amides is 1. The maximum atomic E-state index is 14.0. The third kappa shape index (κ3) is 5.04. The van der Waals surface area contributed by atoms with Crippen LogP contribution in [0.2, 0.25) is 5.02 Å². The van der Waals surface area contributed by atoms with Gasteiger partial charge in [0.15, 0.2) is 17.3 Å². The highest BCUT2D eigenvalue weighted by atomic mass is 35.5. The van der Waals surface area contributed by atoms with Gasteiger partial charge in [-0.15, -0.1) is 0 Å². The molecular weight excluding hydrogens is 453 g/mol. The molecule has 0 saturated heterocycles. The molecule has 6 nitrogen and oxygen atoms in total. The number of nitrogens with zero attached hydrogens (tertiary/aromatic N) is 1. The second-order valence-electron chi connectivity index (χ2n) is 6.88. The SMILES string of the molecule is Cc1cc(Cl)ccc1OCC(=O)NC(=S)Nc1ccc2oc(-c3ccccc3F)nc2c1. The molecule has 162 valence electrons. The first-order valence-corrected chi connectivity index (χ1v) is 10.3. The lowest BCUT2D eigenvalue weighted by Crippen LogP contribution is -2.37. The van der Waals surface area contributed by atoms with Crippen LogP contribution in [0.3, 0.4) is 0 Å². The minimum atomic E-state index is -0.419. The second kappa shape index (κ2) is 9.33.